The van der Waals surface area contributed by atoms with Crippen molar-refractivity contribution in [1.29, 1.82) is 0 Å². The molecule has 0 fully saturated rings. The second-order valence-electron chi connectivity index (χ2n) is 6.44. The Morgan fingerprint density at radius 1 is 1.24 bits per heavy atom. The van der Waals surface area contributed by atoms with Crippen LogP contribution >= 0.6 is 0 Å². The summed E-state index contributed by atoms with van der Waals surface area (Å²) in [4.78, 5) is 25.5. The molecule has 1 aromatic carbocycles. The molecule has 2 aromatic rings. The predicted octanol–water partition coefficient (Wildman–Crippen LogP) is 3.05. The number of carboxylic acid groups (broad SMARTS) is 1. The quantitative estimate of drug-likeness (QED) is 0.799. The smallest absolute Gasteiger partial charge is 0.303 e. The highest BCUT2D eigenvalue weighted by molar-refractivity contribution is 5.92. The Labute approximate surface area is 148 Å². The summed E-state index contributed by atoms with van der Waals surface area (Å²) in [5.41, 5.74) is 2.41. The molecule has 1 N–H and O–H groups in total. The number of hydrogen-bond donors (Lipinski definition) is 1. The average Bonchev–Trinajstić information content (AvgIpc) is 2.96. The molecule has 0 unspecified atom stereocenters. The Morgan fingerprint density at radius 2 is 1.92 bits per heavy atom. The molecule has 0 radical (unpaired) electrons. The maximum Gasteiger partial charge on any atom is 0.303 e. The standard InChI is InChI=1S/C19H25N3O3/c1-14(2)16-12-17(21(3)20-16)19(25)22(11-7-10-18(23)24)13-15-8-5-4-6-9-15/h4-6,8-9,12,14H,7,10-11,13H2,1-3H3,(H,23,24). The number of carbonyl (C=O) groups excluding carboxylic acids is 1. The van der Waals surface area contributed by atoms with E-state index in [0.29, 0.717) is 25.2 Å². The van der Waals surface area contributed by atoms with Crippen molar-refractivity contribution in [2.75, 3.05) is 6.54 Å². The van der Waals surface area contributed by atoms with Crippen LogP contribution in [0.4, 0.5) is 0 Å². The van der Waals surface area contributed by atoms with Gasteiger partial charge in [0.25, 0.3) is 5.91 Å². The average molecular weight is 343 g/mol. The Balaban J connectivity index is 2.20. The van der Waals surface area contributed by atoms with E-state index in [-0.39, 0.29) is 18.2 Å². The highest BCUT2D eigenvalue weighted by Gasteiger charge is 2.21. The minimum Gasteiger partial charge on any atom is -0.481 e. The molecule has 0 saturated carbocycles. The van der Waals surface area contributed by atoms with Gasteiger partial charge in [-0.25, -0.2) is 0 Å². The third-order valence-corrected chi connectivity index (χ3v) is 4.03. The first-order chi connectivity index (χ1) is 11.9. The predicted molar refractivity (Wildman–Crippen MR) is 95.3 cm³/mol. The maximum absolute atomic E-state index is 13.0. The lowest BCUT2D eigenvalue weighted by molar-refractivity contribution is -0.137. The summed E-state index contributed by atoms with van der Waals surface area (Å²) < 4.78 is 1.60. The highest BCUT2D eigenvalue weighted by atomic mass is 16.4. The molecule has 2 rings (SSSR count). The SMILES string of the molecule is CC(C)c1cc(C(=O)N(CCCC(=O)O)Cc2ccccc2)n(C)n1. The van der Waals surface area contributed by atoms with Gasteiger partial charge in [0.1, 0.15) is 5.69 Å². The van der Waals surface area contributed by atoms with Crippen LogP contribution in [0.2, 0.25) is 0 Å². The van der Waals surface area contributed by atoms with E-state index in [4.69, 9.17) is 5.11 Å². The number of aromatic nitrogens is 2. The lowest BCUT2D eigenvalue weighted by atomic mass is 10.1. The third-order valence-electron chi connectivity index (χ3n) is 4.03. The molecule has 0 aliphatic carbocycles. The molecule has 134 valence electrons. The van der Waals surface area contributed by atoms with Gasteiger partial charge in [0.2, 0.25) is 0 Å². The number of amides is 1. The van der Waals surface area contributed by atoms with Crippen LogP contribution in [0.1, 0.15) is 54.4 Å². The number of rotatable bonds is 8. The van der Waals surface area contributed by atoms with Crippen LogP contribution in [0, 0.1) is 0 Å². The van der Waals surface area contributed by atoms with Crippen molar-refractivity contribution in [2.24, 2.45) is 7.05 Å². The van der Waals surface area contributed by atoms with Gasteiger partial charge in [-0.3, -0.25) is 14.3 Å². The van der Waals surface area contributed by atoms with E-state index in [1.165, 1.54) is 0 Å². The van der Waals surface area contributed by atoms with Crippen LogP contribution < -0.4 is 0 Å². The summed E-state index contributed by atoms with van der Waals surface area (Å²) in [6.07, 6.45) is 0.462. The molecule has 6 heteroatoms. The van der Waals surface area contributed by atoms with Crippen LogP contribution in [0.25, 0.3) is 0 Å². The Morgan fingerprint density at radius 3 is 2.48 bits per heavy atom. The van der Waals surface area contributed by atoms with E-state index in [1.54, 1.807) is 16.6 Å². The number of benzene rings is 1. The third kappa shape index (κ3) is 5.17. The first kappa shape index (κ1) is 18.7. The van der Waals surface area contributed by atoms with Gasteiger partial charge < -0.3 is 10.0 Å². The van der Waals surface area contributed by atoms with Gasteiger partial charge in [-0.1, -0.05) is 44.2 Å². The molecule has 25 heavy (non-hydrogen) atoms. The number of carbonyl (C=O) groups is 2. The van der Waals surface area contributed by atoms with Crippen LogP contribution in [-0.2, 0) is 18.4 Å². The molecule has 1 heterocycles. The zero-order valence-electron chi connectivity index (χ0n) is 15.0. The summed E-state index contributed by atoms with van der Waals surface area (Å²) in [6, 6.07) is 11.5. The van der Waals surface area contributed by atoms with Crippen molar-refractivity contribution >= 4 is 11.9 Å². The molecule has 1 aromatic heterocycles. The van der Waals surface area contributed by atoms with Crippen molar-refractivity contribution in [3.63, 3.8) is 0 Å². The Kier molecular flexibility index (Phi) is 6.33. The van der Waals surface area contributed by atoms with Gasteiger partial charge in [0.15, 0.2) is 0 Å². The molecule has 0 aliphatic rings. The fourth-order valence-corrected chi connectivity index (χ4v) is 2.61. The fourth-order valence-electron chi connectivity index (χ4n) is 2.61. The summed E-state index contributed by atoms with van der Waals surface area (Å²) in [5.74, 6) is -0.742. The van der Waals surface area contributed by atoms with E-state index in [1.807, 2.05) is 50.2 Å². The molecule has 0 bridgehead atoms. The number of hydrogen-bond acceptors (Lipinski definition) is 3. The maximum atomic E-state index is 13.0. The number of aliphatic carboxylic acids is 1. The zero-order valence-corrected chi connectivity index (χ0v) is 15.0. The van der Waals surface area contributed by atoms with Crippen LogP contribution in [0.3, 0.4) is 0 Å². The summed E-state index contributed by atoms with van der Waals surface area (Å²) in [6.45, 7) is 4.90. The molecule has 6 nitrogen and oxygen atoms in total. The summed E-state index contributed by atoms with van der Waals surface area (Å²) >= 11 is 0. The second-order valence-corrected chi connectivity index (χ2v) is 6.44. The first-order valence-electron chi connectivity index (χ1n) is 8.47. The minimum absolute atomic E-state index is 0.0429. The van der Waals surface area contributed by atoms with Crippen molar-refractivity contribution in [3.8, 4) is 0 Å². The Bertz CT molecular complexity index is 723. The van der Waals surface area contributed by atoms with E-state index < -0.39 is 5.97 Å². The Hall–Kier alpha value is -2.63. The first-order valence-corrected chi connectivity index (χ1v) is 8.47. The van der Waals surface area contributed by atoms with E-state index >= 15 is 0 Å². The van der Waals surface area contributed by atoms with Gasteiger partial charge in [-0.2, -0.15) is 5.10 Å². The minimum atomic E-state index is -0.852. The second kappa shape index (κ2) is 8.46. The van der Waals surface area contributed by atoms with E-state index in [0.717, 1.165) is 11.3 Å². The summed E-state index contributed by atoms with van der Waals surface area (Å²) in [7, 11) is 1.76. The molecule has 1 amide bonds. The van der Waals surface area contributed by atoms with Gasteiger partial charge in [0.05, 0.1) is 5.69 Å². The van der Waals surface area contributed by atoms with Gasteiger partial charge in [-0.15, -0.1) is 0 Å². The molecular weight excluding hydrogens is 318 g/mol. The molecule has 0 atom stereocenters. The van der Waals surface area contributed by atoms with Crippen LogP contribution in [0.15, 0.2) is 36.4 Å². The topological polar surface area (TPSA) is 75.4 Å². The molecule has 0 aliphatic heterocycles. The fraction of sp³-hybridized carbons (Fsp3) is 0.421. The molecule has 0 saturated heterocycles. The zero-order chi connectivity index (χ0) is 18.4. The highest BCUT2D eigenvalue weighted by Crippen LogP contribution is 2.17. The van der Waals surface area contributed by atoms with E-state index in [2.05, 4.69) is 5.10 Å². The lowest BCUT2D eigenvalue weighted by Gasteiger charge is -2.22. The number of aryl methyl sites for hydroxylation is 1. The van der Waals surface area contributed by atoms with Crippen LogP contribution in [0.5, 0.6) is 0 Å². The van der Waals surface area contributed by atoms with Gasteiger partial charge in [-0.05, 0) is 24.0 Å². The van der Waals surface area contributed by atoms with Crippen LogP contribution in [-0.4, -0.2) is 38.2 Å². The normalized spacial score (nSPS) is 10.9. The van der Waals surface area contributed by atoms with Crippen molar-refractivity contribution in [3.05, 3.63) is 53.3 Å². The number of carboxylic acids is 1. The molecular formula is C19H25N3O3. The number of nitrogens with zero attached hydrogens (tertiary/aromatic N) is 3. The van der Waals surface area contributed by atoms with Gasteiger partial charge in [0, 0.05) is 26.6 Å². The lowest BCUT2D eigenvalue weighted by Crippen LogP contribution is -2.33. The van der Waals surface area contributed by atoms with E-state index in [9.17, 15) is 9.59 Å². The summed E-state index contributed by atoms with van der Waals surface area (Å²) in [5, 5.41) is 13.3. The van der Waals surface area contributed by atoms with Crippen molar-refractivity contribution in [1.82, 2.24) is 14.7 Å². The largest absolute Gasteiger partial charge is 0.481 e. The van der Waals surface area contributed by atoms with Gasteiger partial charge >= 0.3 is 5.97 Å². The monoisotopic (exact) mass is 343 g/mol. The van der Waals surface area contributed by atoms with Crippen molar-refractivity contribution in [2.45, 2.75) is 39.2 Å². The van der Waals surface area contributed by atoms with Crippen molar-refractivity contribution < 1.29 is 14.7 Å². The molecule has 0 spiro atoms.